The van der Waals surface area contributed by atoms with Crippen molar-refractivity contribution in [2.24, 2.45) is 0 Å². The van der Waals surface area contributed by atoms with Gasteiger partial charge in [-0.25, -0.2) is 0 Å². The summed E-state index contributed by atoms with van der Waals surface area (Å²) in [5, 5.41) is 1.23. The molecular weight excluding hydrogens is 222 g/mol. The first kappa shape index (κ1) is 11.3. The zero-order valence-electron chi connectivity index (χ0n) is 9.66. The first-order valence-electron chi connectivity index (χ1n) is 5.46. The molecule has 2 rings (SSSR count). The highest BCUT2D eigenvalue weighted by Crippen LogP contribution is 2.28. The number of halogens is 1. The second-order valence-electron chi connectivity index (χ2n) is 3.88. The number of ether oxygens (including phenoxy) is 1. The average Bonchev–Trinajstić information content (AvgIpc) is 2.62. The molecule has 0 saturated carbocycles. The second kappa shape index (κ2) is 4.79. The van der Waals surface area contributed by atoms with Gasteiger partial charge in [-0.15, -0.1) is 11.6 Å². The molecule has 0 fully saturated rings. The van der Waals surface area contributed by atoms with Crippen LogP contribution in [-0.4, -0.2) is 17.6 Å². The van der Waals surface area contributed by atoms with Gasteiger partial charge >= 0.3 is 0 Å². The van der Waals surface area contributed by atoms with Crippen LogP contribution in [0.3, 0.4) is 0 Å². The van der Waals surface area contributed by atoms with E-state index in [0.717, 1.165) is 18.7 Å². The summed E-state index contributed by atoms with van der Waals surface area (Å²) in [5.74, 6) is 1.62. The highest BCUT2D eigenvalue weighted by molar-refractivity contribution is 6.17. The Hall–Kier alpha value is -1.15. The molecule has 0 aliphatic rings. The molecule has 1 aromatic carbocycles. The molecule has 1 aromatic heterocycles. The zero-order valence-corrected chi connectivity index (χ0v) is 10.4. The van der Waals surface area contributed by atoms with Gasteiger partial charge < -0.3 is 9.30 Å². The molecule has 0 atom stereocenters. The Kier molecular flexibility index (Phi) is 3.39. The van der Waals surface area contributed by atoms with Crippen LogP contribution in [0.2, 0.25) is 0 Å². The fourth-order valence-corrected chi connectivity index (χ4v) is 2.21. The number of benzene rings is 1. The minimum Gasteiger partial charge on any atom is -0.495 e. The molecule has 0 amide bonds. The average molecular weight is 238 g/mol. The van der Waals surface area contributed by atoms with Crippen LogP contribution in [0.25, 0.3) is 10.9 Å². The third kappa shape index (κ3) is 1.90. The van der Waals surface area contributed by atoms with Gasteiger partial charge in [-0.1, -0.05) is 12.1 Å². The Morgan fingerprint density at radius 1 is 1.38 bits per heavy atom. The van der Waals surface area contributed by atoms with Crippen LogP contribution in [0.1, 0.15) is 12.1 Å². The SMILES string of the molecule is COc1cccc2cc(C)n(CCCCl)c12. The Balaban J connectivity index is 2.56. The van der Waals surface area contributed by atoms with Gasteiger partial charge in [0.15, 0.2) is 0 Å². The number of aromatic nitrogens is 1. The van der Waals surface area contributed by atoms with E-state index in [1.807, 2.05) is 12.1 Å². The fourth-order valence-electron chi connectivity index (χ4n) is 2.09. The van der Waals surface area contributed by atoms with E-state index in [2.05, 4.69) is 23.6 Å². The van der Waals surface area contributed by atoms with E-state index >= 15 is 0 Å². The summed E-state index contributed by atoms with van der Waals surface area (Å²) < 4.78 is 7.68. The third-order valence-electron chi connectivity index (χ3n) is 2.83. The molecule has 0 aliphatic heterocycles. The summed E-state index contributed by atoms with van der Waals surface area (Å²) in [6.07, 6.45) is 0.976. The molecule has 0 spiro atoms. The Morgan fingerprint density at radius 3 is 2.88 bits per heavy atom. The highest BCUT2D eigenvalue weighted by atomic mass is 35.5. The minimum atomic E-state index is 0.689. The van der Waals surface area contributed by atoms with Crippen molar-refractivity contribution in [3.63, 3.8) is 0 Å². The molecule has 2 nitrogen and oxygen atoms in total. The number of hydrogen-bond donors (Lipinski definition) is 0. The number of rotatable bonds is 4. The third-order valence-corrected chi connectivity index (χ3v) is 3.09. The van der Waals surface area contributed by atoms with Gasteiger partial charge in [-0.2, -0.15) is 0 Å². The van der Waals surface area contributed by atoms with E-state index < -0.39 is 0 Å². The van der Waals surface area contributed by atoms with Gasteiger partial charge in [0.1, 0.15) is 5.75 Å². The van der Waals surface area contributed by atoms with Gasteiger partial charge in [-0.3, -0.25) is 0 Å². The molecule has 0 N–H and O–H groups in total. The van der Waals surface area contributed by atoms with E-state index in [1.165, 1.54) is 16.6 Å². The van der Waals surface area contributed by atoms with Crippen LogP contribution >= 0.6 is 11.6 Å². The van der Waals surface area contributed by atoms with Crippen molar-refractivity contribution in [1.82, 2.24) is 4.57 Å². The van der Waals surface area contributed by atoms with Crippen LogP contribution in [0.15, 0.2) is 24.3 Å². The summed E-state index contributed by atoms with van der Waals surface area (Å²) in [6, 6.07) is 8.32. The molecule has 0 unspecified atom stereocenters. The van der Waals surface area contributed by atoms with Crippen molar-refractivity contribution in [1.29, 1.82) is 0 Å². The number of para-hydroxylation sites is 1. The topological polar surface area (TPSA) is 14.2 Å². The number of hydrogen-bond acceptors (Lipinski definition) is 1. The molecule has 0 saturated heterocycles. The van der Waals surface area contributed by atoms with Gasteiger partial charge in [-0.05, 0) is 25.5 Å². The largest absolute Gasteiger partial charge is 0.495 e. The Morgan fingerprint density at radius 2 is 2.19 bits per heavy atom. The van der Waals surface area contributed by atoms with Gasteiger partial charge in [0, 0.05) is 23.5 Å². The highest BCUT2D eigenvalue weighted by Gasteiger charge is 2.09. The van der Waals surface area contributed by atoms with Crippen LogP contribution in [0.5, 0.6) is 5.75 Å². The molecular formula is C13H16ClNO. The van der Waals surface area contributed by atoms with Crippen molar-refractivity contribution in [2.75, 3.05) is 13.0 Å². The van der Waals surface area contributed by atoms with E-state index in [1.54, 1.807) is 7.11 Å². The van der Waals surface area contributed by atoms with Crippen molar-refractivity contribution in [3.8, 4) is 5.75 Å². The smallest absolute Gasteiger partial charge is 0.143 e. The van der Waals surface area contributed by atoms with Crippen molar-refractivity contribution < 1.29 is 4.74 Å². The molecule has 1 heterocycles. The van der Waals surface area contributed by atoms with Crippen molar-refractivity contribution in [2.45, 2.75) is 19.9 Å². The number of fused-ring (bicyclic) bond motifs is 1. The van der Waals surface area contributed by atoms with E-state index in [4.69, 9.17) is 16.3 Å². The Labute approximate surface area is 101 Å². The summed E-state index contributed by atoms with van der Waals surface area (Å²) in [5.41, 5.74) is 2.43. The number of aryl methyl sites for hydroxylation is 2. The minimum absolute atomic E-state index is 0.689. The fraction of sp³-hybridized carbons (Fsp3) is 0.385. The standard InChI is InChI=1S/C13H16ClNO/c1-10-9-11-5-3-6-12(16-2)13(11)15(10)8-4-7-14/h3,5-6,9H,4,7-8H2,1-2H3. The summed E-state index contributed by atoms with van der Waals surface area (Å²) in [7, 11) is 1.71. The van der Waals surface area contributed by atoms with E-state index in [-0.39, 0.29) is 0 Å². The monoisotopic (exact) mass is 237 g/mol. The van der Waals surface area contributed by atoms with E-state index in [9.17, 15) is 0 Å². The number of nitrogens with zero attached hydrogens (tertiary/aromatic N) is 1. The lowest BCUT2D eigenvalue weighted by Gasteiger charge is -2.09. The molecule has 0 radical (unpaired) electrons. The van der Waals surface area contributed by atoms with Gasteiger partial charge in [0.2, 0.25) is 0 Å². The maximum Gasteiger partial charge on any atom is 0.143 e. The molecule has 16 heavy (non-hydrogen) atoms. The van der Waals surface area contributed by atoms with Crippen LogP contribution in [0.4, 0.5) is 0 Å². The molecule has 2 aromatic rings. The number of alkyl halides is 1. The molecule has 0 aliphatic carbocycles. The van der Waals surface area contributed by atoms with Crippen LogP contribution < -0.4 is 4.74 Å². The summed E-state index contributed by atoms with van der Waals surface area (Å²) in [6.45, 7) is 3.06. The van der Waals surface area contributed by atoms with E-state index in [0.29, 0.717) is 5.88 Å². The van der Waals surface area contributed by atoms with Gasteiger partial charge in [0.25, 0.3) is 0 Å². The molecule has 0 bridgehead atoms. The summed E-state index contributed by atoms with van der Waals surface area (Å²) in [4.78, 5) is 0. The lowest BCUT2D eigenvalue weighted by Crippen LogP contribution is -2.01. The summed E-state index contributed by atoms with van der Waals surface area (Å²) >= 11 is 5.75. The first-order valence-corrected chi connectivity index (χ1v) is 6.00. The number of methoxy groups -OCH3 is 1. The maximum atomic E-state index is 5.75. The first-order chi connectivity index (χ1) is 7.77. The lowest BCUT2D eigenvalue weighted by atomic mass is 10.2. The predicted octanol–water partition coefficient (Wildman–Crippen LogP) is 3.59. The normalized spacial score (nSPS) is 10.9. The van der Waals surface area contributed by atoms with Crippen molar-refractivity contribution in [3.05, 3.63) is 30.0 Å². The lowest BCUT2D eigenvalue weighted by molar-refractivity contribution is 0.417. The zero-order chi connectivity index (χ0) is 11.5. The maximum absolute atomic E-state index is 5.75. The molecule has 86 valence electrons. The molecule has 3 heteroatoms. The van der Waals surface area contributed by atoms with Crippen LogP contribution in [0, 0.1) is 6.92 Å². The quantitative estimate of drug-likeness (QED) is 0.742. The van der Waals surface area contributed by atoms with Crippen LogP contribution in [-0.2, 0) is 6.54 Å². The van der Waals surface area contributed by atoms with Gasteiger partial charge in [0.05, 0.1) is 12.6 Å². The van der Waals surface area contributed by atoms with Crippen molar-refractivity contribution >= 4 is 22.5 Å². The predicted molar refractivity (Wildman–Crippen MR) is 68.6 cm³/mol. The Bertz CT molecular complexity index is 490. The second-order valence-corrected chi connectivity index (χ2v) is 4.26.